The van der Waals surface area contributed by atoms with Gasteiger partial charge >= 0.3 is 0 Å². The number of H-pyrrole nitrogens is 1. The number of Topliss-reactive ketones (excluding diaryl/α,β-unsaturated/α-hetero) is 1. The number of imidazole rings is 1. The van der Waals surface area contributed by atoms with Gasteiger partial charge in [0.15, 0.2) is 0 Å². The van der Waals surface area contributed by atoms with Gasteiger partial charge in [-0.25, -0.2) is 4.98 Å². The number of carbonyl (C=O) groups is 1. The van der Waals surface area contributed by atoms with E-state index in [0.29, 0.717) is 35.9 Å². The lowest BCUT2D eigenvalue weighted by molar-refractivity contribution is -0.125. The molecule has 1 aliphatic rings. The fourth-order valence-corrected chi connectivity index (χ4v) is 7.10. The molecule has 5 unspecified atom stereocenters. The van der Waals surface area contributed by atoms with Crippen molar-refractivity contribution in [3.8, 4) is 11.1 Å². The van der Waals surface area contributed by atoms with E-state index in [1.165, 1.54) is 22.3 Å². The largest absolute Gasteiger partial charge is 0.390 e. The van der Waals surface area contributed by atoms with Crippen LogP contribution in [0.5, 0.6) is 0 Å². The Balaban J connectivity index is 1.43. The Morgan fingerprint density at radius 3 is 2.50 bits per heavy atom. The molecule has 1 aliphatic carbocycles. The van der Waals surface area contributed by atoms with Crippen LogP contribution < -0.4 is 0 Å². The van der Waals surface area contributed by atoms with Crippen LogP contribution >= 0.6 is 0 Å². The number of aromatic nitrogens is 2. The first-order valence-corrected chi connectivity index (χ1v) is 15.8. The zero-order chi connectivity index (χ0) is 29.0. The minimum Gasteiger partial charge on any atom is -0.390 e. The van der Waals surface area contributed by atoms with Crippen molar-refractivity contribution in [1.82, 2.24) is 9.97 Å². The number of aryl methyl sites for hydroxylation is 2. The van der Waals surface area contributed by atoms with Gasteiger partial charge in [0.25, 0.3) is 0 Å². The van der Waals surface area contributed by atoms with Crippen molar-refractivity contribution < 1.29 is 9.90 Å². The van der Waals surface area contributed by atoms with Crippen molar-refractivity contribution in [2.24, 2.45) is 29.6 Å². The summed E-state index contributed by atoms with van der Waals surface area (Å²) in [4.78, 5) is 21.5. The third-order valence-electron chi connectivity index (χ3n) is 9.98. The van der Waals surface area contributed by atoms with Gasteiger partial charge in [-0.2, -0.15) is 0 Å². The van der Waals surface area contributed by atoms with E-state index in [2.05, 4.69) is 74.1 Å². The third-order valence-corrected chi connectivity index (χ3v) is 9.98. The number of nitrogens with one attached hydrogen (secondary N) is 1. The van der Waals surface area contributed by atoms with Crippen LogP contribution in [-0.2, 0) is 11.2 Å². The Morgan fingerprint density at radius 2 is 1.77 bits per heavy atom. The molecule has 0 aliphatic heterocycles. The number of nitrogens with zero attached hydrogens (tertiary/aromatic N) is 1. The highest BCUT2D eigenvalue weighted by molar-refractivity contribution is 5.82. The van der Waals surface area contributed by atoms with Crippen LogP contribution in [0, 0.1) is 43.4 Å². The number of fused-ring (bicyclic) bond motifs is 1. The van der Waals surface area contributed by atoms with E-state index in [9.17, 15) is 9.90 Å². The number of rotatable bonds is 11. The van der Waals surface area contributed by atoms with E-state index in [-0.39, 0.29) is 5.92 Å². The van der Waals surface area contributed by atoms with Gasteiger partial charge in [0, 0.05) is 12.3 Å². The van der Waals surface area contributed by atoms with Gasteiger partial charge in [-0.15, -0.1) is 0 Å². The molecule has 0 saturated heterocycles. The summed E-state index contributed by atoms with van der Waals surface area (Å²) in [6.45, 7) is 14.9. The molecule has 2 aromatic carbocycles. The molecule has 40 heavy (non-hydrogen) atoms. The smallest absolute Gasteiger partial charge is 0.136 e. The van der Waals surface area contributed by atoms with Crippen molar-refractivity contribution in [3.05, 3.63) is 53.3 Å². The molecular weight excluding hydrogens is 492 g/mol. The summed E-state index contributed by atoms with van der Waals surface area (Å²) >= 11 is 0. The molecule has 1 saturated carbocycles. The first kappa shape index (κ1) is 30.5. The number of aliphatic hydroxyl groups is 1. The second kappa shape index (κ2) is 13.0. The lowest BCUT2D eigenvalue weighted by Crippen LogP contribution is -2.30. The second-order valence-electron chi connectivity index (χ2n) is 13.5. The van der Waals surface area contributed by atoms with E-state index in [4.69, 9.17) is 0 Å². The molecule has 0 amide bonds. The van der Waals surface area contributed by atoms with Crippen LogP contribution in [-0.4, -0.2) is 26.5 Å². The molecule has 0 radical (unpaired) electrons. The highest BCUT2D eigenvalue weighted by atomic mass is 16.3. The Morgan fingerprint density at radius 1 is 1.05 bits per heavy atom. The van der Waals surface area contributed by atoms with E-state index in [0.717, 1.165) is 68.2 Å². The van der Waals surface area contributed by atoms with E-state index < -0.39 is 5.60 Å². The van der Waals surface area contributed by atoms with Gasteiger partial charge in [0.1, 0.15) is 11.6 Å². The lowest BCUT2D eigenvalue weighted by Gasteiger charge is -2.29. The van der Waals surface area contributed by atoms with Crippen LogP contribution in [0.2, 0.25) is 0 Å². The van der Waals surface area contributed by atoms with Crippen molar-refractivity contribution in [2.45, 2.75) is 112 Å². The molecule has 4 rings (SSSR count). The highest BCUT2D eigenvalue weighted by Crippen LogP contribution is 2.38. The third kappa shape index (κ3) is 7.43. The van der Waals surface area contributed by atoms with Crippen LogP contribution in [0.3, 0.4) is 0 Å². The molecular formula is C36H52N2O2. The van der Waals surface area contributed by atoms with Gasteiger partial charge in [-0.05, 0) is 118 Å². The van der Waals surface area contributed by atoms with E-state index in [1.807, 2.05) is 20.8 Å². The fourth-order valence-electron chi connectivity index (χ4n) is 7.10. The molecule has 4 heteroatoms. The van der Waals surface area contributed by atoms with Gasteiger partial charge in [-0.1, -0.05) is 64.3 Å². The Bertz CT molecular complexity index is 1280. The van der Waals surface area contributed by atoms with E-state index >= 15 is 0 Å². The summed E-state index contributed by atoms with van der Waals surface area (Å²) in [6, 6.07) is 13.3. The summed E-state index contributed by atoms with van der Waals surface area (Å²) in [5.41, 5.74) is 6.60. The highest BCUT2D eigenvalue weighted by Gasteiger charge is 2.33. The van der Waals surface area contributed by atoms with E-state index in [1.54, 1.807) is 0 Å². The summed E-state index contributed by atoms with van der Waals surface area (Å²) < 4.78 is 0. The minimum absolute atomic E-state index is 0.109. The van der Waals surface area contributed by atoms with Gasteiger partial charge in [0.2, 0.25) is 0 Å². The average molecular weight is 545 g/mol. The number of hydrogen-bond donors (Lipinski definition) is 2. The quantitative estimate of drug-likeness (QED) is 0.237. The van der Waals surface area contributed by atoms with Crippen molar-refractivity contribution in [3.63, 3.8) is 0 Å². The predicted molar refractivity (Wildman–Crippen MR) is 167 cm³/mol. The minimum atomic E-state index is -0.621. The SMILES string of the molecule is CCCC(CC(=O)C(C)C1CCCC(C(C)(C)O)CC1)C(C)Cc1cc(-c2ccc3nc(C)[nH]c3c2)ccc1C. The van der Waals surface area contributed by atoms with Crippen LogP contribution in [0.25, 0.3) is 22.2 Å². The number of ketones is 1. The molecule has 5 atom stereocenters. The molecule has 1 heterocycles. The molecule has 218 valence electrons. The second-order valence-corrected chi connectivity index (χ2v) is 13.5. The summed E-state index contributed by atoms with van der Waals surface area (Å²) in [5.74, 6) is 3.14. The lowest BCUT2D eigenvalue weighted by atomic mass is 9.76. The number of benzene rings is 2. The maximum absolute atomic E-state index is 13.6. The number of aromatic amines is 1. The van der Waals surface area contributed by atoms with Gasteiger partial charge in [0.05, 0.1) is 16.6 Å². The molecule has 4 nitrogen and oxygen atoms in total. The molecule has 1 fully saturated rings. The average Bonchev–Trinajstić information content (AvgIpc) is 3.09. The monoisotopic (exact) mass is 544 g/mol. The fraction of sp³-hybridized carbons (Fsp3) is 0.611. The predicted octanol–water partition coefficient (Wildman–Crippen LogP) is 9.00. The summed E-state index contributed by atoms with van der Waals surface area (Å²) in [5, 5.41) is 10.5. The Hall–Kier alpha value is -2.46. The Kier molecular flexibility index (Phi) is 9.93. The number of hydrogen-bond acceptors (Lipinski definition) is 3. The normalized spacial score (nSPS) is 20.7. The molecule has 1 aromatic heterocycles. The molecule has 0 bridgehead atoms. The standard InChI is InChI=1S/C36H52N2O2/c1-8-10-28(22-35(39)25(4)27-11-9-12-32(17-15-27)36(6,7)40)24(3)19-31-20-29(14-13-23(31)2)30-16-18-33-34(21-30)38-26(5)37-33/h13-14,16,18,20-21,24-25,27-28,32,40H,8-12,15,17,19,22H2,1-7H3,(H,37,38). The number of carbonyl (C=O) groups excluding carboxylic acids is 1. The first-order valence-electron chi connectivity index (χ1n) is 15.8. The molecule has 3 aromatic rings. The van der Waals surface area contributed by atoms with Crippen LogP contribution in [0.15, 0.2) is 36.4 Å². The topological polar surface area (TPSA) is 66.0 Å². The first-order chi connectivity index (χ1) is 19.0. The van der Waals surface area contributed by atoms with Gasteiger partial charge < -0.3 is 10.1 Å². The maximum atomic E-state index is 13.6. The van der Waals surface area contributed by atoms with Crippen molar-refractivity contribution in [2.75, 3.05) is 0 Å². The summed E-state index contributed by atoms with van der Waals surface area (Å²) in [7, 11) is 0. The summed E-state index contributed by atoms with van der Waals surface area (Å²) in [6.07, 6.45) is 9.29. The van der Waals surface area contributed by atoms with Crippen molar-refractivity contribution >= 4 is 16.8 Å². The van der Waals surface area contributed by atoms with Crippen molar-refractivity contribution in [1.29, 1.82) is 0 Å². The molecule has 2 N–H and O–H groups in total. The zero-order valence-electron chi connectivity index (χ0n) is 26.0. The molecule has 0 spiro atoms. The maximum Gasteiger partial charge on any atom is 0.136 e. The zero-order valence-corrected chi connectivity index (χ0v) is 26.0. The van der Waals surface area contributed by atoms with Crippen LogP contribution in [0.1, 0.15) is 103 Å². The van der Waals surface area contributed by atoms with Gasteiger partial charge in [-0.3, -0.25) is 4.79 Å². The Labute approximate surface area is 242 Å². The van der Waals surface area contributed by atoms with Crippen LogP contribution in [0.4, 0.5) is 0 Å².